The summed E-state index contributed by atoms with van der Waals surface area (Å²) in [4.78, 5) is 2.54. The monoisotopic (exact) mass is 298 g/mol. The normalized spacial score (nSPS) is 35.2. The van der Waals surface area contributed by atoms with E-state index in [2.05, 4.69) is 29.0 Å². The molecule has 0 aromatic heterocycles. The number of ether oxygens (including phenoxy) is 1. The van der Waals surface area contributed by atoms with Gasteiger partial charge in [-0.25, -0.2) is 0 Å². The maximum absolute atomic E-state index is 6.19. The van der Waals surface area contributed by atoms with Gasteiger partial charge < -0.3 is 15.0 Å². The van der Waals surface area contributed by atoms with Gasteiger partial charge in [0.1, 0.15) is 0 Å². The molecule has 1 N–H and O–H groups in total. The van der Waals surface area contributed by atoms with Crippen LogP contribution in [0.2, 0.25) is 0 Å². The molecule has 0 aliphatic carbocycles. The number of thioether (sulfide) groups is 1. The third-order valence-electron chi connectivity index (χ3n) is 5.46. The number of nitrogens with one attached hydrogen (secondary N) is 1. The van der Waals surface area contributed by atoms with Gasteiger partial charge in [0.25, 0.3) is 0 Å². The maximum Gasteiger partial charge on any atom is 0.0713 e. The molecule has 116 valence electrons. The minimum atomic E-state index is 0.222. The van der Waals surface area contributed by atoms with E-state index < -0.39 is 0 Å². The second-order valence-corrected chi connectivity index (χ2v) is 8.10. The van der Waals surface area contributed by atoms with E-state index in [1.165, 1.54) is 69.5 Å². The Bertz CT molecular complexity index is 301. The van der Waals surface area contributed by atoms with E-state index in [0.717, 1.165) is 12.6 Å². The third kappa shape index (κ3) is 3.70. The van der Waals surface area contributed by atoms with Gasteiger partial charge in [0.05, 0.1) is 5.60 Å². The van der Waals surface area contributed by atoms with E-state index >= 15 is 0 Å². The van der Waals surface area contributed by atoms with Gasteiger partial charge in [0, 0.05) is 25.2 Å². The van der Waals surface area contributed by atoms with Crippen molar-refractivity contribution in [2.24, 2.45) is 0 Å². The highest BCUT2D eigenvalue weighted by Crippen LogP contribution is 2.37. The van der Waals surface area contributed by atoms with E-state index in [1.807, 2.05) is 0 Å². The summed E-state index contributed by atoms with van der Waals surface area (Å²) in [5, 5.41) is 3.86. The first kappa shape index (κ1) is 15.1. The Balaban J connectivity index is 1.47. The number of piperidine rings is 1. The van der Waals surface area contributed by atoms with E-state index in [-0.39, 0.29) is 5.60 Å². The average Bonchev–Trinajstić information content (AvgIpc) is 2.47. The molecule has 0 bridgehead atoms. The number of likely N-dealkylation sites (N-methyl/N-ethyl adjacent to an activating group) is 1. The number of nitrogens with zero attached hydrogens (tertiary/aromatic N) is 1. The molecule has 0 aromatic carbocycles. The van der Waals surface area contributed by atoms with Crippen LogP contribution in [0.15, 0.2) is 0 Å². The van der Waals surface area contributed by atoms with Gasteiger partial charge in [0.2, 0.25) is 0 Å². The van der Waals surface area contributed by atoms with Crippen LogP contribution in [0, 0.1) is 0 Å². The van der Waals surface area contributed by atoms with Crippen molar-refractivity contribution in [2.45, 2.75) is 62.6 Å². The lowest BCUT2D eigenvalue weighted by Crippen LogP contribution is -2.52. The first-order chi connectivity index (χ1) is 9.77. The molecule has 20 heavy (non-hydrogen) atoms. The summed E-state index contributed by atoms with van der Waals surface area (Å²) in [6, 6.07) is 1.44. The molecule has 3 rings (SSSR count). The molecule has 3 fully saturated rings. The molecule has 4 heteroatoms. The zero-order valence-electron chi connectivity index (χ0n) is 12.9. The smallest absolute Gasteiger partial charge is 0.0713 e. The summed E-state index contributed by atoms with van der Waals surface area (Å²) in [6.07, 6.45) is 9.12. The lowest BCUT2D eigenvalue weighted by molar-refractivity contribution is -0.0936. The van der Waals surface area contributed by atoms with E-state index in [4.69, 9.17) is 4.74 Å². The molecule has 2 unspecified atom stereocenters. The van der Waals surface area contributed by atoms with Crippen molar-refractivity contribution in [1.82, 2.24) is 10.2 Å². The van der Waals surface area contributed by atoms with Crippen LogP contribution in [0.3, 0.4) is 0 Å². The van der Waals surface area contributed by atoms with Crippen LogP contribution in [-0.2, 0) is 4.74 Å². The zero-order chi connectivity index (χ0) is 13.8. The first-order valence-corrected chi connectivity index (χ1v) is 9.58. The van der Waals surface area contributed by atoms with Gasteiger partial charge in [-0.15, -0.1) is 0 Å². The minimum Gasteiger partial charge on any atom is -0.375 e. The van der Waals surface area contributed by atoms with Crippen LogP contribution in [0.25, 0.3) is 0 Å². The Hall–Kier alpha value is 0.230. The van der Waals surface area contributed by atoms with Gasteiger partial charge in [-0.05, 0) is 63.6 Å². The SMILES string of the molecule is CN1CCCCC1CNC1CCOC2(CCSCC2)C1. The Morgan fingerprint density at radius 1 is 1.25 bits per heavy atom. The Kier molecular flexibility index (Phi) is 5.29. The van der Waals surface area contributed by atoms with E-state index in [0.29, 0.717) is 6.04 Å². The molecular formula is C16H30N2OS. The zero-order valence-corrected chi connectivity index (χ0v) is 13.7. The van der Waals surface area contributed by atoms with Gasteiger partial charge in [-0.1, -0.05) is 6.42 Å². The van der Waals surface area contributed by atoms with Gasteiger partial charge in [-0.3, -0.25) is 0 Å². The quantitative estimate of drug-likeness (QED) is 0.865. The molecule has 1 spiro atoms. The number of likely N-dealkylation sites (tertiary alicyclic amines) is 1. The van der Waals surface area contributed by atoms with Crippen molar-refractivity contribution in [3.63, 3.8) is 0 Å². The summed E-state index contributed by atoms with van der Waals surface area (Å²) in [5.74, 6) is 2.58. The average molecular weight is 298 g/mol. The molecule has 0 amide bonds. The van der Waals surface area contributed by atoms with Crippen molar-refractivity contribution in [2.75, 3.05) is 38.2 Å². The fraction of sp³-hybridized carbons (Fsp3) is 1.00. The molecule has 3 aliphatic heterocycles. The third-order valence-corrected chi connectivity index (χ3v) is 6.45. The fourth-order valence-electron chi connectivity index (χ4n) is 4.00. The van der Waals surface area contributed by atoms with Crippen molar-refractivity contribution < 1.29 is 4.74 Å². The van der Waals surface area contributed by atoms with Gasteiger partial charge in [0.15, 0.2) is 0 Å². The highest BCUT2D eigenvalue weighted by Gasteiger charge is 2.38. The van der Waals surface area contributed by atoms with Crippen molar-refractivity contribution in [1.29, 1.82) is 0 Å². The Labute approximate surface area is 128 Å². The summed E-state index contributed by atoms with van der Waals surface area (Å²) < 4.78 is 6.19. The standard InChI is InChI=1S/C16H30N2OS/c1-18-8-3-2-4-15(18)13-17-14-5-9-19-16(12-14)6-10-20-11-7-16/h14-15,17H,2-13H2,1H3. The van der Waals surface area contributed by atoms with Crippen molar-refractivity contribution >= 4 is 11.8 Å². The maximum atomic E-state index is 6.19. The van der Waals surface area contributed by atoms with Crippen LogP contribution in [-0.4, -0.2) is 60.8 Å². The fourth-order valence-corrected chi connectivity index (χ4v) is 5.24. The minimum absolute atomic E-state index is 0.222. The second-order valence-electron chi connectivity index (χ2n) is 6.87. The van der Waals surface area contributed by atoms with Gasteiger partial charge in [-0.2, -0.15) is 11.8 Å². The Morgan fingerprint density at radius 3 is 2.90 bits per heavy atom. The summed E-state index contributed by atoms with van der Waals surface area (Å²) in [6.45, 7) is 3.41. The molecule has 0 saturated carbocycles. The highest BCUT2D eigenvalue weighted by atomic mass is 32.2. The molecular weight excluding hydrogens is 268 g/mol. The predicted molar refractivity (Wildman–Crippen MR) is 86.5 cm³/mol. The number of rotatable bonds is 3. The van der Waals surface area contributed by atoms with E-state index in [1.54, 1.807) is 0 Å². The number of hydrogen-bond donors (Lipinski definition) is 1. The Morgan fingerprint density at radius 2 is 2.10 bits per heavy atom. The summed E-state index contributed by atoms with van der Waals surface area (Å²) >= 11 is 2.09. The van der Waals surface area contributed by atoms with Crippen LogP contribution in [0.1, 0.15) is 44.9 Å². The topological polar surface area (TPSA) is 24.5 Å². The molecule has 3 aliphatic rings. The number of hydrogen-bond acceptors (Lipinski definition) is 4. The molecule has 0 radical (unpaired) electrons. The highest BCUT2D eigenvalue weighted by molar-refractivity contribution is 7.99. The molecule has 3 saturated heterocycles. The lowest BCUT2D eigenvalue weighted by atomic mass is 9.85. The largest absolute Gasteiger partial charge is 0.375 e. The van der Waals surface area contributed by atoms with Crippen molar-refractivity contribution in [3.05, 3.63) is 0 Å². The molecule has 3 heterocycles. The second kappa shape index (κ2) is 6.99. The van der Waals surface area contributed by atoms with Crippen LogP contribution >= 0.6 is 11.8 Å². The summed E-state index contributed by atoms with van der Waals surface area (Å²) in [5.41, 5.74) is 0.222. The van der Waals surface area contributed by atoms with E-state index in [9.17, 15) is 0 Å². The lowest BCUT2D eigenvalue weighted by Gasteiger charge is -2.44. The molecule has 3 nitrogen and oxygen atoms in total. The van der Waals surface area contributed by atoms with Crippen LogP contribution < -0.4 is 5.32 Å². The first-order valence-electron chi connectivity index (χ1n) is 8.43. The molecule has 2 atom stereocenters. The van der Waals surface area contributed by atoms with Crippen LogP contribution in [0.4, 0.5) is 0 Å². The molecule has 0 aromatic rings. The van der Waals surface area contributed by atoms with Crippen molar-refractivity contribution in [3.8, 4) is 0 Å². The van der Waals surface area contributed by atoms with Gasteiger partial charge >= 0.3 is 0 Å². The predicted octanol–water partition coefficient (Wildman–Crippen LogP) is 2.51. The van der Waals surface area contributed by atoms with Crippen LogP contribution in [0.5, 0.6) is 0 Å². The summed E-state index contributed by atoms with van der Waals surface area (Å²) in [7, 11) is 2.29.